The molecule has 4 nitrogen and oxygen atoms in total. The summed E-state index contributed by atoms with van der Waals surface area (Å²) >= 11 is 1.39. The summed E-state index contributed by atoms with van der Waals surface area (Å²) in [4.78, 5) is 15.1. The first-order chi connectivity index (χ1) is 11.6. The van der Waals surface area contributed by atoms with Crippen LogP contribution in [0, 0.1) is 0 Å². The molecule has 0 aliphatic carbocycles. The largest absolute Gasteiger partial charge is 0.507 e. The number of fused-ring (bicyclic) bond motifs is 3. The Labute approximate surface area is 141 Å². The van der Waals surface area contributed by atoms with E-state index in [0.29, 0.717) is 15.8 Å². The van der Waals surface area contributed by atoms with E-state index >= 15 is 0 Å². The molecule has 0 fully saturated rings. The molecule has 1 atom stereocenters. The fourth-order valence-corrected chi connectivity index (χ4v) is 3.85. The van der Waals surface area contributed by atoms with Crippen LogP contribution < -0.4 is 5.56 Å². The number of phenolic OH excluding ortho intramolecular Hbond substituents is 1. The molecule has 0 spiro atoms. The third kappa shape index (κ3) is 2.21. The summed E-state index contributed by atoms with van der Waals surface area (Å²) < 4.78 is 0.648. The molecule has 0 saturated heterocycles. The summed E-state index contributed by atoms with van der Waals surface area (Å²) in [5, 5.41) is 23.7. The van der Waals surface area contributed by atoms with Crippen LogP contribution in [-0.4, -0.2) is 15.2 Å². The Kier molecular flexibility index (Phi) is 3.40. The van der Waals surface area contributed by atoms with Crippen LogP contribution in [0.25, 0.3) is 32.1 Å². The number of thiophene rings is 1. The van der Waals surface area contributed by atoms with Crippen molar-refractivity contribution in [1.29, 1.82) is 0 Å². The summed E-state index contributed by atoms with van der Waals surface area (Å²) in [5.74, 6) is 0.159. The maximum atomic E-state index is 12.2. The smallest absolute Gasteiger partial charge is 0.266 e. The summed E-state index contributed by atoms with van der Waals surface area (Å²) in [6.45, 7) is 1.71. The quantitative estimate of drug-likeness (QED) is 0.514. The zero-order valence-electron chi connectivity index (χ0n) is 12.9. The Morgan fingerprint density at radius 2 is 1.83 bits per heavy atom. The highest BCUT2D eigenvalue weighted by Gasteiger charge is 2.15. The van der Waals surface area contributed by atoms with E-state index < -0.39 is 6.10 Å². The second-order valence-electron chi connectivity index (χ2n) is 5.80. The monoisotopic (exact) mass is 337 g/mol. The zero-order valence-corrected chi connectivity index (χ0v) is 13.7. The third-order valence-electron chi connectivity index (χ3n) is 4.25. The van der Waals surface area contributed by atoms with E-state index in [9.17, 15) is 15.0 Å². The highest BCUT2D eigenvalue weighted by Crippen LogP contribution is 2.39. The van der Waals surface area contributed by atoms with Crippen LogP contribution in [-0.2, 0) is 0 Å². The average molecular weight is 337 g/mol. The van der Waals surface area contributed by atoms with Crippen molar-refractivity contribution in [3.63, 3.8) is 0 Å². The molecule has 3 N–H and O–H groups in total. The lowest BCUT2D eigenvalue weighted by atomic mass is 9.96. The van der Waals surface area contributed by atoms with Crippen LogP contribution in [0.2, 0.25) is 0 Å². The van der Waals surface area contributed by atoms with Gasteiger partial charge in [0.15, 0.2) is 0 Å². The van der Waals surface area contributed by atoms with E-state index in [4.69, 9.17) is 0 Å². The topological polar surface area (TPSA) is 73.3 Å². The third-order valence-corrected chi connectivity index (χ3v) is 5.17. The number of aliphatic hydroxyl groups is 1. The number of benzene rings is 2. The number of nitrogens with one attached hydrogen (secondary N) is 1. The van der Waals surface area contributed by atoms with Gasteiger partial charge in [-0.25, -0.2) is 0 Å². The molecule has 4 rings (SSSR count). The van der Waals surface area contributed by atoms with Crippen molar-refractivity contribution in [1.82, 2.24) is 4.98 Å². The average Bonchev–Trinajstić information content (AvgIpc) is 3.06. The van der Waals surface area contributed by atoms with Gasteiger partial charge in [-0.2, -0.15) is 0 Å². The van der Waals surface area contributed by atoms with E-state index in [-0.39, 0.29) is 11.3 Å². The van der Waals surface area contributed by atoms with Gasteiger partial charge in [0, 0.05) is 21.9 Å². The molecule has 5 heteroatoms. The van der Waals surface area contributed by atoms with E-state index in [1.165, 1.54) is 11.3 Å². The molecule has 24 heavy (non-hydrogen) atoms. The number of aliphatic hydroxyl groups excluding tert-OH is 1. The molecule has 4 aromatic rings. The van der Waals surface area contributed by atoms with E-state index in [1.54, 1.807) is 19.1 Å². The summed E-state index contributed by atoms with van der Waals surface area (Å²) in [6.07, 6.45) is -0.542. The Morgan fingerprint density at radius 3 is 2.54 bits per heavy atom. The van der Waals surface area contributed by atoms with Crippen molar-refractivity contribution in [2.45, 2.75) is 13.0 Å². The molecule has 0 bridgehead atoms. The van der Waals surface area contributed by atoms with Crippen LogP contribution in [0.15, 0.2) is 52.6 Å². The molecule has 0 amide bonds. The number of aromatic nitrogens is 1. The molecule has 0 radical (unpaired) electrons. The molecule has 2 aromatic heterocycles. The van der Waals surface area contributed by atoms with E-state index in [2.05, 4.69) is 4.98 Å². The molecule has 2 heterocycles. The van der Waals surface area contributed by atoms with Crippen molar-refractivity contribution < 1.29 is 10.2 Å². The van der Waals surface area contributed by atoms with Crippen molar-refractivity contribution in [2.24, 2.45) is 0 Å². The van der Waals surface area contributed by atoms with Crippen LogP contribution >= 0.6 is 11.3 Å². The number of pyridine rings is 1. The van der Waals surface area contributed by atoms with Gasteiger partial charge in [0.25, 0.3) is 5.56 Å². The van der Waals surface area contributed by atoms with Gasteiger partial charge >= 0.3 is 0 Å². The maximum Gasteiger partial charge on any atom is 0.266 e. The first-order valence-corrected chi connectivity index (χ1v) is 8.48. The molecule has 0 aliphatic rings. The van der Waals surface area contributed by atoms with Gasteiger partial charge in [0.05, 0.1) is 6.10 Å². The van der Waals surface area contributed by atoms with E-state index in [0.717, 1.165) is 21.9 Å². The van der Waals surface area contributed by atoms with Gasteiger partial charge in [0.2, 0.25) is 0 Å². The SMILES string of the molecule is C[C@@H](O)c1ccc(-c2c(O)ccc3[nH]c(=O)c4sccc4c23)cc1. The lowest BCUT2D eigenvalue weighted by molar-refractivity contribution is 0.199. The Bertz CT molecular complexity index is 1110. The normalized spacial score (nSPS) is 12.8. The lowest BCUT2D eigenvalue weighted by Gasteiger charge is -2.12. The van der Waals surface area contributed by atoms with Gasteiger partial charge in [0.1, 0.15) is 10.4 Å². The summed E-state index contributed by atoms with van der Waals surface area (Å²) in [7, 11) is 0. The maximum absolute atomic E-state index is 12.2. The molecule has 0 saturated carbocycles. The van der Waals surface area contributed by atoms with Crippen molar-refractivity contribution >= 4 is 32.3 Å². The van der Waals surface area contributed by atoms with Gasteiger partial charge in [-0.3, -0.25) is 4.79 Å². The first kappa shape index (κ1) is 14.9. The van der Waals surface area contributed by atoms with Crippen molar-refractivity contribution in [3.8, 4) is 16.9 Å². The molecule has 2 aromatic carbocycles. The fourth-order valence-electron chi connectivity index (χ4n) is 3.06. The number of rotatable bonds is 2. The van der Waals surface area contributed by atoms with Gasteiger partial charge in [-0.1, -0.05) is 24.3 Å². The van der Waals surface area contributed by atoms with Crippen molar-refractivity contribution in [2.75, 3.05) is 0 Å². The summed E-state index contributed by atoms with van der Waals surface area (Å²) in [6, 6.07) is 12.7. The number of phenols is 1. The minimum atomic E-state index is -0.542. The molecule has 0 aliphatic heterocycles. The highest BCUT2D eigenvalue weighted by atomic mass is 32.1. The highest BCUT2D eigenvalue weighted by molar-refractivity contribution is 7.17. The van der Waals surface area contributed by atoms with Gasteiger partial charge in [-0.15, -0.1) is 11.3 Å². The number of aromatic hydroxyl groups is 1. The van der Waals surface area contributed by atoms with Crippen LogP contribution in [0.4, 0.5) is 0 Å². The predicted octanol–water partition coefficient (Wildman–Crippen LogP) is 4.17. The molecular formula is C19H15NO3S. The second-order valence-corrected chi connectivity index (χ2v) is 6.71. The second kappa shape index (κ2) is 5.47. The van der Waals surface area contributed by atoms with E-state index in [1.807, 2.05) is 35.7 Å². The Balaban J connectivity index is 2.09. The lowest BCUT2D eigenvalue weighted by Crippen LogP contribution is -2.04. The van der Waals surface area contributed by atoms with Gasteiger partial charge in [-0.05, 0) is 41.6 Å². The predicted molar refractivity (Wildman–Crippen MR) is 97.7 cm³/mol. The molecule has 0 unspecified atom stereocenters. The number of hydrogen-bond acceptors (Lipinski definition) is 4. The van der Waals surface area contributed by atoms with Crippen LogP contribution in [0.5, 0.6) is 5.75 Å². The first-order valence-electron chi connectivity index (χ1n) is 7.60. The zero-order chi connectivity index (χ0) is 16.8. The number of aromatic amines is 1. The van der Waals surface area contributed by atoms with Crippen molar-refractivity contribution in [3.05, 3.63) is 63.8 Å². The minimum Gasteiger partial charge on any atom is -0.507 e. The number of hydrogen-bond donors (Lipinski definition) is 3. The Hall–Kier alpha value is -2.63. The standard InChI is InChI=1S/C19H15NO3S/c1-10(21)11-2-4-12(5-3-11)16-15(22)7-6-14-17(16)13-8-9-24-18(13)19(23)20-14/h2-10,21-22H,1H3,(H,20,23)/t10-/m1/s1. The minimum absolute atomic E-state index is 0.117. The molecular weight excluding hydrogens is 322 g/mol. The Morgan fingerprint density at radius 1 is 1.08 bits per heavy atom. The van der Waals surface area contributed by atoms with Crippen LogP contribution in [0.3, 0.4) is 0 Å². The number of H-pyrrole nitrogens is 1. The van der Waals surface area contributed by atoms with Gasteiger partial charge < -0.3 is 15.2 Å². The van der Waals surface area contributed by atoms with Crippen LogP contribution in [0.1, 0.15) is 18.6 Å². The fraction of sp³-hybridized carbons (Fsp3) is 0.105. The summed E-state index contributed by atoms with van der Waals surface area (Å²) in [5.41, 5.74) is 2.91. The molecule has 120 valence electrons.